The van der Waals surface area contributed by atoms with E-state index in [0.717, 1.165) is 23.2 Å². The second-order valence-electron chi connectivity index (χ2n) is 11.5. The quantitative estimate of drug-likeness (QED) is 0.374. The van der Waals surface area contributed by atoms with Gasteiger partial charge in [-0.3, -0.25) is 9.48 Å². The highest BCUT2D eigenvalue weighted by Gasteiger charge is 2.42. The number of carbonyl (C=O) groups is 1. The first-order valence-electron chi connectivity index (χ1n) is 14.5. The summed E-state index contributed by atoms with van der Waals surface area (Å²) in [6.07, 6.45) is 9.91. The molecule has 3 heterocycles. The number of sulfonamides is 1. The molecule has 0 bridgehead atoms. The zero-order valence-corrected chi connectivity index (χ0v) is 25.0. The molecule has 5 rings (SSSR count). The average molecular weight is 581 g/mol. The highest BCUT2D eigenvalue weighted by atomic mass is 32.2. The van der Waals surface area contributed by atoms with Crippen LogP contribution in [-0.4, -0.2) is 69.0 Å². The third-order valence-corrected chi connectivity index (χ3v) is 9.93. The Morgan fingerprint density at radius 3 is 2.39 bits per heavy atom. The number of benzene rings is 1. The van der Waals surface area contributed by atoms with Gasteiger partial charge in [0.2, 0.25) is 21.8 Å². The highest BCUT2D eigenvalue weighted by Crippen LogP contribution is 2.28. The first-order valence-corrected chi connectivity index (χ1v) is 16.1. The van der Waals surface area contributed by atoms with Crippen LogP contribution in [-0.2, 0) is 34.5 Å². The van der Waals surface area contributed by atoms with Crippen LogP contribution in [0.15, 0.2) is 48.8 Å². The normalized spacial score (nSPS) is 20.3. The molecule has 1 saturated heterocycles. The van der Waals surface area contributed by atoms with Crippen molar-refractivity contribution in [3.63, 3.8) is 0 Å². The zero-order chi connectivity index (χ0) is 29.0. The topological polar surface area (TPSA) is 111 Å². The lowest BCUT2D eigenvalue weighted by Crippen LogP contribution is -2.49. The number of hydrogen-bond donors (Lipinski definition) is 0. The Morgan fingerprint density at radius 1 is 1.00 bits per heavy atom. The van der Waals surface area contributed by atoms with E-state index in [0.29, 0.717) is 17.5 Å². The van der Waals surface area contributed by atoms with Crippen LogP contribution in [0.2, 0.25) is 0 Å². The minimum Gasteiger partial charge on any atom is -0.481 e. The summed E-state index contributed by atoms with van der Waals surface area (Å²) in [6.45, 7) is 5.14. The summed E-state index contributed by atoms with van der Waals surface area (Å²) in [5.41, 5.74) is 3.39. The van der Waals surface area contributed by atoms with Gasteiger partial charge in [0, 0.05) is 37.5 Å². The van der Waals surface area contributed by atoms with E-state index < -0.39 is 16.1 Å². The van der Waals surface area contributed by atoms with Gasteiger partial charge in [0.25, 0.3) is 0 Å². The molecule has 2 aliphatic rings. The molecule has 1 atom stereocenters. The Kier molecular flexibility index (Phi) is 9.03. The third kappa shape index (κ3) is 6.95. The van der Waals surface area contributed by atoms with Gasteiger partial charge in [0.15, 0.2) is 0 Å². The van der Waals surface area contributed by atoms with Crippen LogP contribution in [0.5, 0.6) is 5.88 Å². The lowest BCUT2D eigenvalue weighted by Gasteiger charge is -2.32. The smallest absolute Gasteiger partial charge is 0.241 e. The molecule has 11 heteroatoms. The van der Waals surface area contributed by atoms with Crippen LogP contribution in [0.1, 0.15) is 57.2 Å². The molecular weight excluding hydrogens is 540 g/mol. The first kappa shape index (κ1) is 29.2. The summed E-state index contributed by atoms with van der Waals surface area (Å²) in [4.78, 5) is 19.7. The van der Waals surface area contributed by atoms with Crippen LogP contribution in [0.25, 0.3) is 11.1 Å². The van der Waals surface area contributed by atoms with Gasteiger partial charge in [0.05, 0.1) is 25.6 Å². The zero-order valence-electron chi connectivity index (χ0n) is 24.1. The van der Waals surface area contributed by atoms with E-state index in [9.17, 15) is 13.2 Å². The average Bonchev–Trinajstić information content (AvgIpc) is 3.38. The molecule has 0 N–H and O–H groups in total. The predicted molar refractivity (Wildman–Crippen MR) is 156 cm³/mol. The predicted octanol–water partition coefficient (Wildman–Crippen LogP) is 4.13. The van der Waals surface area contributed by atoms with E-state index in [-0.39, 0.29) is 37.2 Å². The molecule has 41 heavy (non-hydrogen) atoms. The minimum atomic E-state index is -3.69. The molecule has 2 fully saturated rings. The molecule has 1 aliphatic carbocycles. The number of nitrogens with zero attached hydrogens (tertiary/aromatic N) is 6. The van der Waals surface area contributed by atoms with E-state index in [1.54, 1.807) is 24.3 Å². The number of methoxy groups -OCH3 is 1. The lowest BCUT2D eigenvalue weighted by molar-refractivity contribution is -0.136. The van der Waals surface area contributed by atoms with Crippen molar-refractivity contribution in [3.8, 4) is 17.0 Å². The fraction of sp³-hybridized carbons (Fsp3) is 0.533. The van der Waals surface area contributed by atoms with E-state index in [2.05, 4.69) is 15.3 Å². The van der Waals surface area contributed by atoms with Crippen LogP contribution in [0.4, 0.5) is 0 Å². The van der Waals surface area contributed by atoms with Crippen molar-refractivity contribution in [1.29, 1.82) is 0 Å². The maximum Gasteiger partial charge on any atom is 0.241 e. The van der Waals surface area contributed by atoms with Gasteiger partial charge in [-0.2, -0.15) is 4.31 Å². The number of ether oxygens (including phenoxy) is 1. The van der Waals surface area contributed by atoms with Crippen molar-refractivity contribution < 1.29 is 17.9 Å². The van der Waals surface area contributed by atoms with Crippen LogP contribution >= 0.6 is 0 Å². The van der Waals surface area contributed by atoms with Crippen LogP contribution < -0.4 is 4.74 Å². The number of pyridine rings is 1. The van der Waals surface area contributed by atoms with Crippen molar-refractivity contribution in [2.45, 2.75) is 71.6 Å². The number of rotatable bonds is 9. The molecule has 0 radical (unpaired) electrons. The van der Waals surface area contributed by atoms with Crippen molar-refractivity contribution in [1.82, 2.24) is 29.2 Å². The Morgan fingerprint density at radius 2 is 1.73 bits per heavy atom. The number of carbonyl (C=O) groups excluding carboxylic acids is 1. The second-order valence-corrected chi connectivity index (χ2v) is 13.6. The number of aromatic nitrogens is 4. The standard InChI is InChI=1S/C30H40N6O4S/c1-22(2)29-30(37)34(20-27-21-35(33-32-27)18-23-7-5-4-6-8-23)15-16-41(38,39)36(29)19-24-9-11-25(12-10-24)26-13-14-28(40-3)31-17-26/h9-14,17,21-23,29H,4-8,15-16,18-20H2,1-3H3. The van der Waals surface area contributed by atoms with Gasteiger partial charge in [0.1, 0.15) is 11.7 Å². The molecule has 0 spiro atoms. The lowest BCUT2D eigenvalue weighted by atomic mass is 9.89. The van der Waals surface area contributed by atoms with Gasteiger partial charge in [-0.1, -0.05) is 62.6 Å². The van der Waals surface area contributed by atoms with E-state index in [1.807, 2.05) is 55.1 Å². The Balaban J connectivity index is 1.30. The molecule has 1 aliphatic heterocycles. The van der Waals surface area contributed by atoms with Gasteiger partial charge >= 0.3 is 0 Å². The molecule has 3 aromatic rings. The maximum atomic E-state index is 13.8. The first-order chi connectivity index (χ1) is 19.7. The largest absolute Gasteiger partial charge is 0.481 e. The highest BCUT2D eigenvalue weighted by molar-refractivity contribution is 7.89. The van der Waals surface area contributed by atoms with Gasteiger partial charge < -0.3 is 9.64 Å². The van der Waals surface area contributed by atoms with Gasteiger partial charge in [-0.15, -0.1) is 5.10 Å². The summed E-state index contributed by atoms with van der Waals surface area (Å²) in [7, 11) is -2.11. The van der Waals surface area contributed by atoms with Crippen molar-refractivity contribution in [2.24, 2.45) is 11.8 Å². The maximum absolute atomic E-state index is 13.8. The molecule has 1 amide bonds. The number of hydrogen-bond acceptors (Lipinski definition) is 7. The molecule has 2 aromatic heterocycles. The van der Waals surface area contributed by atoms with Gasteiger partial charge in [-0.25, -0.2) is 13.4 Å². The molecule has 10 nitrogen and oxygen atoms in total. The summed E-state index contributed by atoms with van der Waals surface area (Å²) in [6, 6.07) is 10.6. The number of amides is 1. The van der Waals surface area contributed by atoms with Crippen LogP contribution in [0, 0.1) is 11.8 Å². The minimum absolute atomic E-state index is 0.125. The van der Waals surface area contributed by atoms with Crippen molar-refractivity contribution in [2.75, 3.05) is 19.4 Å². The molecule has 1 unspecified atom stereocenters. The molecule has 220 valence electrons. The summed E-state index contributed by atoms with van der Waals surface area (Å²) in [5.74, 6) is 0.630. The second kappa shape index (κ2) is 12.7. The summed E-state index contributed by atoms with van der Waals surface area (Å²) in [5, 5.41) is 8.63. The molecule has 1 saturated carbocycles. The Labute approximate surface area is 242 Å². The monoisotopic (exact) mass is 580 g/mol. The van der Waals surface area contributed by atoms with Crippen LogP contribution in [0.3, 0.4) is 0 Å². The fourth-order valence-electron chi connectivity index (χ4n) is 5.89. The third-order valence-electron chi connectivity index (χ3n) is 8.16. The van der Waals surface area contributed by atoms with Gasteiger partial charge in [-0.05, 0) is 41.9 Å². The molecule has 1 aromatic carbocycles. The summed E-state index contributed by atoms with van der Waals surface area (Å²) >= 11 is 0. The van der Waals surface area contributed by atoms with Crippen molar-refractivity contribution in [3.05, 3.63) is 60.0 Å². The van der Waals surface area contributed by atoms with E-state index in [4.69, 9.17) is 4.74 Å². The molecular formula is C30H40N6O4S. The van der Waals surface area contributed by atoms with E-state index >= 15 is 0 Å². The Bertz CT molecular complexity index is 1420. The fourth-order valence-corrected chi connectivity index (χ4v) is 7.60. The Hall–Kier alpha value is -3.31. The SMILES string of the molecule is COc1ccc(-c2ccc(CN3C(C(C)C)C(=O)N(Cc4cn(CC5CCCCC5)nn4)CCS3(=O)=O)cc2)cn1. The van der Waals surface area contributed by atoms with E-state index in [1.165, 1.54) is 36.4 Å². The van der Waals surface area contributed by atoms with Crippen molar-refractivity contribution >= 4 is 15.9 Å². The summed E-state index contributed by atoms with van der Waals surface area (Å²) < 4.78 is 35.5.